The Bertz CT molecular complexity index is 1270. The lowest BCUT2D eigenvalue weighted by atomic mass is 10.1. The molecule has 0 saturated carbocycles. The van der Waals surface area contributed by atoms with Gasteiger partial charge in [-0.15, -0.1) is 11.3 Å². The van der Waals surface area contributed by atoms with E-state index >= 15 is 0 Å². The first-order valence-corrected chi connectivity index (χ1v) is 20.5. The highest BCUT2D eigenvalue weighted by atomic mass is 32.2. The smallest absolute Gasteiger partial charge is 0.117 e. The minimum Gasteiger partial charge on any atom is -0.378 e. The monoisotopic (exact) mass is 701 g/mol. The molecule has 232 valence electrons. The number of rotatable bonds is 13. The SMILES string of the molecule is CCCCCCCCCCCCn1/c(=C2/SC=C(N3CCOCC3)S2)c(=S)sc(=S)/c1=C1\SC=C(N2CCOCC2)S1. The van der Waals surface area contributed by atoms with Crippen LogP contribution < -0.4 is 10.7 Å². The van der Waals surface area contributed by atoms with E-state index in [9.17, 15) is 0 Å². The summed E-state index contributed by atoms with van der Waals surface area (Å²) < 4.78 is 18.1. The van der Waals surface area contributed by atoms with Crippen molar-refractivity contribution in [3.63, 3.8) is 0 Å². The van der Waals surface area contributed by atoms with Gasteiger partial charge in [0.25, 0.3) is 0 Å². The lowest BCUT2D eigenvalue weighted by molar-refractivity contribution is 0.0578. The maximum absolute atomic E-state index is 6.07. The van der Waals surface area contributed by atoms with Crippen LogP contribution in [0.15, 0.2) is 20.9 Å². The summed E-state index contributed by atoms with van der Waals surface area (Å²) in [5, 5.41) is 9.64. The molecule has 1 aromatic rings. The van der Waals surface area contributed by atoms with Crippen LogP contribution in [0.3, 0.4) is 0 Å². The molecule has 4 aliphatic rings. The minimum atomic E-state index is 0.797. The summed E-state index contributed by atoms with van der Waals surface area (Å²) in [6.45, 7) is 10.2. The molecule has 5 rings (SSSR count). The molecule has 0 N–H and O–H groups in total. The number of unbranched alkanes of at least 4 members (excludes halogenated alkanes) is 9. The molecule has 0 aromatic carbocycles. The fourth-order valence-corrected chi connectivity index (χ4v) is 12.7. The average Bonchev–Trinajstić information content (AvgIpc) is 3.70. The fraction of sp³-hybridized carbons (Fsp3) is 0.667. The van der Waals surface area contributed by atoms with Crippen molar-refractivity contribution < 1.29 is 9.47 Å². The third kappa shape index (κ3) is 9.09. The second kappa shape index (κ2) is 17.7. The predicted octanol–water partition coefficient (Wildman–Crippen LogP) is 8.28. The highest BCUT2D eigenvalue weighted by molar-refractivity contribution is 8.35. The molecule has 0 bridgehead atoms. The molecular weight excluding hydrogens is 659 g/mol. The van der Waals surface area contributed by atoms with Crippen molar-refractivity contribution in [1.82, 2.24) is 14.4 Å². The molecule has 0 unspecified atom stereocenters. The predicted molar refractivity (Wildman–Crippen MR) is 193 cm³/mol. The summed E-state index contributed by atoms with van der Waals surface area (Å²) in [5.41, 5.74) is 0. The molecule has 0 radical (unpaired) electrons. The first-order valence-electron chi connectivity index (χ1n) is 15.4. The Balaban J connectivity index is 1.37. The second-order valence-corrected chi connectivity index (χ2v) is 17.5. The summed E-state index contributed by atoms with van der Waals surface area (Å²) in [5.74, 6) is 0. The van der Waals surface area contributed by atoms with Gasteiger partial charge in [0.2, 0.25) is 0 Å². The number of hydrogen-bond donors (Lipinski definition) is 0. The molecule has 42 heavy (non-hydrogen) atoms. The summed E-state index contributed by atoms with van der Waals surface area (Å²) in [7, 11) is 0. The standard InChI is InChI=1S/C30H43N3O2S7/c1-2-3-4-5-6-7-8-9-10-11-12-33-25(29-38-21-23(40-29)31-13-17-34-18-14-31)27(36)42-28(37)26(33)30-39-22-24(41-30)32-15-19-35-20-16-32/h21-22H,2-20H2,1H3/b29-25-,30-26-. The molecule has 12 heteroatoms. The Kier molecular flexibility index (Phi) is 14.1. The highest BCUT2D eigenvalue weighted by Gasteiger charge is 2.25. The number of aromatic nitrogens is 1. The van der Waals surface area contributed by atoms with E-state index in [0.717, 1.165) is 73.2 Å². The largest absolute Gasteiger partial charge is 0.378 e. The van der Waals surface area contributed by atoms with Crippen LogP contribution >= 0.6 is 82.8 Å². The van der Waals surface area contributed by atoms with Crippen LogP contribution in [0.1, 0.15) is 71.1 Å². The van der Waals surface area contributed by atoms with Crippen LogP contribution in [0, 0.1) is 7.65 Å². The zero-order chi connectivity index (χ0) is 29.1. The Labute approximate surface area is 282 Å². The van der Waals surface area contributed by atoms with Crippen LogP contribution in [0.5, 0.6) is 0 Å². The first kappa shape index (κ1) is 33.4. The maximum atomic E-state index is 6.07. The summed E-state index contributed by atoms with van der Waals surface area (Å²) >= 11 is 21.1. The van der Waals surface area contributed by atoms with Crippen LogP contribution in [0.25, 0.3) is 8.47 Å². The lowest BCUT2D eigenvalue weighted by Gasteiger charge is -2.28. The number of hydrogen-bond acceptors (Lipinski definition) is 11. The summed E-state index contributed by atoms with van der Waals surface area (Å²) in [6, 6.07) is 0. The molecule has 5 heterocycles. The van der Waals surface area contributed by atoms with E-state index < -0.39 is 0 Å². The average molecular weight is 702 g/mol. The molecule has 2 saturated heterocycles. The van der Waals surface area contributed by atoms with Gasteiger partial charge in [-0.1, -0.05) is 136 Å². The molecule has 0 atom stereocenters. The number of morpholine rings is 2. The van der Waals surface area contributed by atoms with Gasteiger partial charge in [0, 0.05) is 43.5 Å². The molecule has 4 aliphatic heterocycles. The third-order valence-corrected chi connectivity index (χ3v) is 14.3. The fourth-order valence-electron chi connectivity index (χ4n) is 5.43. The van der Waals surface area contributed by atoms with Gasteiger partial charge in [-0.05, 0) is 6.42 Å². The zero-order valence-corrected chi connectivity index (χ0v) is 30.3. The van der Waals surface area contributed by atoms with Gasteiger partial charge in [-0.2, -0.15) is 0 Å². The number of nitrogens with zero attached hydrogens (tertiary/aromatic N) is 3. The van der Waals surface area contributed by atoms with E-state index in [4.69, 9.17) is 33.9 Å². The van der Waals surface area contributed by atoms with Crippen molar-refractivity contribution in [2.24, 2.45) is 0 Å². The van der Waals surface area contributed by atoms with Crippen molar-refractivity contribution >= 4 is 91.3 Å². The first-order chi connectivity index (χ1) is 20.7. The van der Waals surface area contributed by atoms with Gasteiger partial charge in [-0.3, -0.25) is 0 Å². The van der Waals surface area contributed by atoms with Crippen LogP contribution in [0.4, 0.5) is 0 Å². The van der Waals surface area contributed by atoms with Gasteiger partial charge >= 0.3 is 0 Å². The zero-order valence-electron chi connectivity index (χ0n) is 24.6. The van der Waals surface area contributed by atoms with E-state index in [2.05, 4.69) is 32.1 Å². The molecule has 0 spiro atoms. The van der Waals surface area contributed by atoms with Crippen molar-refractivity contribution in [3.05, 3.63) is 39.2 Å². The Hall–Kier alpha value is 0.0800. The minimum absolute atomic E-state index is 0.797. The van der Waals surface area contributed by atoms with Crippen LogP contribution in [-0.2, 0) is 16.0 Å². The van der Waals surface area contributed by atoms with Crippen molar-refractivity contribution in [2.75, 3.05) is 52.6 Å². The molecular formula is C30H43N3O2S7. The summed E-state index contributed by atoms with van der Waals surface area (Å²) in [4.78, 5) is 4.90. The van der Waals surface area contributed by atoms with Gasteiger partial charge in [0.1, 0.15) is 7.65 Å². The van der Waals surface area contributed by atoms with Crippen molar-refractivity contribution in [2.45, 2.75) is 77.7 Å². The third-order valence-electron chi connectivity index (χ3n) is 7.81. The topological polar surface area (TPSA) is 29.9 Å². The lowest BCUT2D eigenvalue weighted by Crippen LogP contribution is -2.36. The quantitative estimate of drug-likeness (QED) is 0.148. The Morgan fingerprint density at radius 3 is 1.52 bits per heavy atom. The van der Waals surface area contributed by atoms with Gasteiger partial charge in [0.05, 0.1) is 55.7 Å². The van der Waals surface area contributed by atoms with E-state index in [1.165, 1.54) is 87.0 Å². The molecule has 1 aromatic heterocycles. The Morgan fingerprint density at radius 2 is 1.07 bits per heavy atom. The van der Waals surface area contributed by atoms with E-state index in [-0.39, 0.29) is 0 Å². The summed E-state index contributed by atoms with van der Waals surface area (Å²) in [6.07, 6.45) is 13.3. The Morgan fingerprint density at radius 1 is 0.643 bits per heavy atom. The maximum Gasteiger partial charge on any atom is 0.117 e. The second-order valence-electron chi connectivity index (χ2n) is 10.8. The highest BCUT2D eigenvalue weighted by Crippen LogP contribution is 2.47. The van der Waals surface area contributed by atoms with E-state index in [1.807, 2.05) is 47.0 Å². The number of ether oxygens (including phenoxy) is 2. The van der Waals surface area contributed by atoms with Gasteiger partial charge in [0.15, 0.2) is 0 Å². The van der Waals surface area contributed by atoms with Gasteiger partial charge < -0.3 is 23.8 Å². The molecule has 0 aliphatic carbocycles. The molecule has 0 amide bonds. The van der Waals surface area contributed by atoms with Crippen LogP contribution in [-0.4, -0.2) is 67.0 Å². The van der Waals surface area contributed by atoms with Gasteiger partial charge in [-0.25, -0.2) is 0 Å². The van der Waals surface area contributed by atoms with Crippen molar-refractivity contribution in [3.8, 4) is 0 Å². The van der Waals surface area contributed by atoms with E-state index in [1.54, 1.807) is 11.3 Å². The van der Waals surface area contributed by atoms with E-state index in [0.29, 0.717) is 0 Å². The van der Waals surface area contributed by atoms with Crippen LogP contribution in [0.2, 0.25) is 0 Å². The van der Waals surface area contributed by atoms with Crippen molar-refractivity contribution in [1.29, 1.82) is 0 Å². The molecule has 2 fully saturated rings. The number of thioether (sulfide) groups is 4. The molecule has 5 nitrogen and oxygen atoms in total. The normalized spacial score (nSPS) is 22.1.